The van der Waals surface area contributed by atoms with Crippen molar-refractivity contribution in [3.05, 3.63) is 53.8 Å². The van der Waals surface area contributed by atoms with Crippen LogP contribution in [-0.4, -0.2) is 69.9 Å². The third-order valence-electron chi connectivity index (χ3n) is 6.55. The molecule has 3 rings (SSSR count). The fraction of sp³-hybridized carbons (Fsp3) is 0.536. The maximum atomic E-state index is 13.2. The molecule has 0 spiro atoms. The fourth-order valence-electron chi connectivity index (χ4n) is 4.66. The summed E-state index contributed by atoms with van der Waals surface area (Å²) < 4.78 is 11.2. The fourth-order valence-corrected chi connectivity index (χ4v) is 4.66. The van der Waals surface area contributed by atoms with E-state index in [0.29, 0.717) is 19.4 Å². The van der Waals surface area contributed by atoms with E-state index < -0.39 is 30.1 Å². The molecule has 4 atom stereocenters. The zero-order chi connectivity index (χ0) is 27.8. The van der Waals surface area contributed by atoms with Crippen molar-refractivity contribution in [1.29, 1.82) is 0 Å². The normalized spacial score (nSPS) is 29.7. The van der Waals surface area contributed by atoms with Gasteiger partial charge in [0.1, 0.15) is 24.2 Å². The van der Waals surface area contributed by atoms with Crippen molar-refractivity contribution >= 4 is 23.6 Å². The first-order chi connectivity index (χ1) is 18.0. The van der Waals surface area contributed by atoms with Gasteiger partial charge < -0.3 is 24.5 Å². The molecule has 0 aliphatic carbocycles. The molecular formula is C28H37N3O7. The van der Waals surface area contributed by atoms with Crippen LogP contribution in [0.4, 0.5) is 0 Å². The molecule has 10 heteroatoms. The Morgan fingerprint density at radius 3 is 2.68 bits per heavy atom. The molecule has 3 heterocycles. The van der Waals surface area contributed by atoms with Crippen LogP contribution in [0.5, 0.6) is 0 Å². The number of nitrogens with one attached hydrogen (secondary N) is 1. The molecule has 2 aliphatic heterocycles. The summed E-state index contributed by atoms with van der Waals surface area (Å²) in [4.78, 5) is 56.6. The Balaban J connectivity index is 1.85. The monoisotopic (exact) mass is 527 g/mol. The molecule has 1 fully saturated rings. The van der Waals surface area contributed by atoms with Gasteiger partial charge in [0.2, 0.25) is 11.8 Å². The number of fused-ring (bicyclic) bond motifs is 3. The highest BCUT2D eigenvalue weighted by atomic mass is 16.5. The van der Waals surface area contributed by atoms with Crippen molar-refractivity contribution in [3.8, 4) is 0 Å². The van der Waals surface area contributed by atoms with Gasteiger partial charge in [0.05, 0.1) is 12.5 Å². The molecule has 206 valence electrons. The predicted octanol–water partition coefficient (Wildman–Crippen LogP) is 2.53. The Labute approximate surface area is 222 Å². The number of aliphatic hydroxyl groups is 1. The molecule has 1 aromatic rings. The zero-order valence-electron chi connectivity index (χ0n) is 22.4. The maximum absolute atomic E-state index is 13.2. The van der Waals surface area contributed by atoms with Gasteiger partial charge in [-0.2, -0.15) is 0 Å². The van der Waals surface area contributed by atoms with Gasteiger partial charge in [-0.1, -0.05) is 50.6 Å². The average Bonchev–Trinajstić information content (AvgIpc) is 3.52. The number of hydrogen-bond donors (Lipinski definition) is 2. The van der Waals surface area contributed by atoms with Crippen LogP contribution >= 0.6 is 0 Å². The Kier molecular flexibility index (Phi) is 10.2. The summed E-state index contributed by atoms with van der Waals surface area (Å²) in [6, 6.07) is -0.761. The summed E-state index contributed by atoms with van der Waals surface area (Å²) in [6.07, 6.45) is 8.62. The molecule has 38 heavy (non-hydrogen) atoms. The molecule has 1 aromatic heterocycles. The van der Waals surface area contributed by atoms with Crippen molar-refractivity contribution in [2.24, 2.45) is 11.8 Å². The number of carbonyl (C=O) groups excluding carboxylic acids is 4. The van der Waals surface area contributed by atoms with Crippen LogP contribution < -0.4 is 5.32 Å². The third kappa shape index (κ3) is 7.98. The lowest BCUT2D eigenvalue weighted by Gasteiger charge is -2.29. The highest BCUT2D eigenvalue weighted by molar-refractivity contribution is 5.95. The van der Waals surface area contributed by atoms with E-state index in [-0.39, 0.29) is 54.5 Å². The molecule has 3 unspecified atom stereocenters. The number of oxazole rings is 1. The number of amides is 2. The summed E-state index contributed by atoms with van der Waals surface area (Å²) in [6.45, 7) is 8.16. The maximum Gasteiger partial charge on any atom is 0.329 e. The van der Waals surface area contributed by atoms with Crippen molar-refractivity contribution < 1.29 is 33.4 Å². The molecule has 0 saturated carbocycles. The summed E-state index contributed by atoms with van der Waals surface area (Å²) in [5.74, 6) is -1.76. The van der Waals surface area contributed by atoms with Gasteiger partial charge in [0, 0.05) is 25.4 Å². The topological polar surface area (TPSA) is 139 Å². The molecule has 0 aromatic carbocycles. The van der Waals surface area contributed by atoms with Crippen molar-refractivity contribution in [2.45, 2.75) is 71.6 Å². The summed E-state index contributed by atoms with van der Waals surface area (Å²) >= 11 is 0. The summed E-state index contributed by atoms with van der Waals surface area (Å²) in [5, 5.41) is 13.0. The van der Waals surface area contributed by atoms with Gasteiger partial charge in [-0.05, 0) is 31.8 Å². The van der Waals surface area contributed by atoms with Crippen LogP contribution in [0, 0.1) is 11.8 Å². The largest absolute Gasteiger partial charge is 0.460 e. The molecule has 2 bridgehead atoms. The number of carbonyl (C=O) groups is 4. The van der Waals surface area contributed by atoms with Gasteiger partial charge in [0.15, 0.2) is 5.69 Å². The number of esters is 1. The molecule has 2 amide bonds. The predicted molar refractivity (Wildman–Crippen MR) is 139 cm³/mol. The molecule has 10 nitrogen and oxygen atoms in total. The second-order valence-electron chi connectivity index (χ2n) is 10.2. The van der Waals surface area contributed by atoms with Crippen molar-refractivity contribution in [2.75, 3.05) is 13.1 Å². The Morgan fingerprint density at radius 1 is 1.18 bits per heavy atom. The van der Waals surface area contributed by atoms with Crippen molar-refractivity contribution in [3.63, 3.8) is 0 Å². The smallest absolute Gasteiger partial charge is 0.329 e. The first kappa shape index (κ1) is 29.0. The van der Waals surface area contributed by atoms with Crippen LogP contribution in [0.2, 0.25) is 0 Å². The summed E-state index contributed by atoms with van der Waals surface area (Å²) in [5.41, 5.74) is 0.739. The zero-order valence-corrected chi connectivity index (χ0v) is 22.4. The lowest BCUT2D eigenvalue weighted by molar-refractivity contribution is -0.158. The first-order valence-electron chi connectivity index (χ1n) is 13.0. The van der Waals surface area contributed by atoms with E-state index in [0.717, 1.165) is 5.57 Å². The van der Waals surface area contributed by atoms with Crippen molar-refractivity contribution in [1.82, 2.24) is 15.2 Å². The number of allylic oxidation sites excluding steroid dienone is 2. The van der Waals surface area contributed by atoms with Crippen LogP contribution in [0.1, 0.15) is 63.3 Å². The quantitative estimate of drug-likeness (QED) is 0.531. The second-order valence-corrected chi connectivity index (χ2v) is 10.2. The first-order valence-corrected chi connectivity index (χ1v) is 13.0. The van der Waals surface area contributed by atoms with E-state index in [9.17, 15) is 24.3 Å². The van der Waals surface area contributed by atoms with Crippen LogP contribution in [0.25, 0.3) is 0 Å². The van der Waals surface area contributed by atoms with E-state index in [4.69, 9.17) is 9.15 Å². The Hall–Kier alpha value is -3.53. The number of ether oxygens (including phenoxy) is 1. The number of hydrogen-bond acceptors (Lipinski definition) is 8. The lowest BCUT2D eigenvalue weighted by atomic mass is 9.94. The number of aliphatic hydroxyl groups excluding tert-OH is 1. The highest BCUT2D eigenvalue weighted by Crippen LogP contribution is 2.25. The highest BCUT2D eigenvalue weighted by Gasteiger charge is 2.38. The van der Waals surface area contributed by atoms with Gasteiger partial charge in [-0.25, -0.2) is 9.78 Å². The van der Waals surface area contributed by atoms with E-state index >= 15 is 0 Å². The molecule has 2 N–H and O–H groups in total. The molecular weight excluding hydrogens is 490 g/mol. The number of nitrogens with zero attached hydrogens (tertiary/aromatic N) is 2. The van der Waals surface area contributed by atoms with Gasteiger partial charge in [-0.15, -0.1) is 0 Å². The van der Waals surface area contributed by atoms with E-state index in [2.05, 4.69) is 10.3 Å². The van der Waals surface area contributed by atoms with Gasteiger partial charge in [0.25, 0.3) is 5.91 Å². The van der Waals surface area contributed by atoms with Crippen LogP contribution in [0.3, 0.4) is 0 Å². The number of ketones is 1. The third-order valence-corrected chi connectivity index (χ3v) is 6.55. The number of aromatic nitrogens is 1. The average molecular weight is 528 g/mol. The van der Waals surface area contributed by atoms with E-state index in [1.165, 1.54) is 17.2 Å². The van der Waals surface area contributed by atoms with E-state index in [1.54, 1.807) is 31.2 Å². The van der Waals surface area contributed by atoms with E-state index in [1.807, 2.05) is 20.8 Å². The standard InChI is InChI=1S/C28H37N3O7/c1-17(2)26-19(4)9-10-24(34)29-11-5-7-18(3)13-20(32)14-21(33)15-25-30-22(16-37-25)27(35)31-12-6-8-23(31)28(36)38-26/h5,7,9-10,13,16-17,19-20,23,26,32H,6,8,11-12,14-15H2,1-4H3,(H,29,34)/b7-5+,10-9+,18-13+/t19?,20?,23-,26?/m0/s1. The minimum atomic E-state index is -1.01. The minimum absolute atomic E-state index is 0.00930. The number of cyclic esters (lactones) is 1. The molecule has 0 radical (unpaired) electrons. The SMILES string of the molecule is CC1=C\C(O)CC(=O)Cc2nc(co2)C(=O)N2CCC[C@H]2C(=O)OC(C(C)C)C(C)/C=C/C(=O)NC\C=C\1. The van der Waals surface area contributed by atoms with Crippen LogP contribution in [0.15, 0.2) is 46.6 Å². The molecule has 1 saturated heterocycles. The number of Topliss-reactive ketones (excluding diaryl/α,β-unsaturated/α-hetero) is 1. The van der Waals surface area contributed by atoms with Crippen LogP contribution in [-0.2, 0) is 25.5 Å². The molecule has 2 aliphatic rings. The summed E-state index contributed by atoms with van der Waals surface area (Å²) in [7, 11) is 0. The number of rotatable bonds is 1. The minimum Gasteiger partial charge on any atom is -0.460 e. The Bertz CT molecular complexity index is 1120. The van der Waals surface area contributed by atoms with Gasteiger partial charge >= 0.3 is 5.97 Å². The lowest BCUT2D eigenvalue weighted by Crippen LogP contribution is -2.44. The second kappa shape index (κ2) is 13.3. The van der Waals surface area contributed by atoms with Gasteiger partial charge in [-0.3, -0.25) is 14.4 Å². The Morgan fingerprint density at radius 2 is 1.95 bits per heavy atom.